The highest BCUT2D eigenvalue weighted by Crippen LogP contribution is 2.43. The standard InChI is InChI=1S/C14H25N/c1-11-10-12-6-2-5-9-14(12)15(11)13-7-3-4-8-13/h11-14H,2-10H2,1H3/t11-,12+,14-/m1/s1. The van der Waals surface area contributed by atoms with Gasteiger partial charge in [-0.3, -0.25) is 4.90 Å². The average molecular weight is 207 g/mol. The van der Waals surface area contributed by atoms with E-state index in [1.807, 2.05) is 0 Å². The molecule has 3 fully saturated rings. The monoisotopic (exact) mass is 207 g/mol. The van der Waals surface area contributed by atoms with Crippen LogP contribution in [0.1, 0.15) is 64.7 Å². The quantitative estimate of drug-likeness (QED) is 0.635. The maximum absolute atomic E-state index is 2.94. The van der Waals surface area contributed by atoms with Crippen LogP contribution in [-0.2, 0) is 0 Å². The van der Waals surface area contributed by atoms with Crippen molar-refractivity contribution in [3.8, 4) is 0 Å². The molecule has 0 amide bonds. The van der Waals surface area contributed by atoms with Crippen LogP contribution < -0.4 is 0 Å². The van der Waals surface area contributed by atoms with Crippen LogP contribution in [0.25, 0.3) is 0 Å². The van der Waals surface area contributed by atoms with Crippen LogP contribution >= 0.6 is 0 Å². The van der Waals surface area contributed by atoms with Gasteiger partial charge in [0.05, 0.1) is 0 Å². The predicted molar refractivity (Wildman–Crippen MR) is 63.9 cm³/mol. The first-order valence-corrected chi connectivity index (χ1v) is 7.13. The average Bonchev–Trinajstić information content (AvgIpc) is 2.82. The largest absolute Gasteiger partial charge is 0.294 e. The third kappa shape index (κ3) is 1.73. The van der Waals surface area contributed by atoms with Crippen molar-refractivity contribution >= 4 is 0 Å². The molecule has 1 heterocycles. The van der Waals surface area contributed by atoms with Gasteiger partial charge in [-0.25, -0.2) is 0 Å². The van der Waals surface area contributed by atoms with Crippen molar-refractivity contribution in [2.45, 2.75) is 82.8 Å². The zero-order valence-electron chi connectivity index (χ0n) is 10.1. The van der Waals surface area contributed by atoms with Gasteiger partial charge in [-0.15, -0.1) is 0 Å². The topological polar surface area (TPSA) is 3.24 Å². The predicted octanol–water partition coefficient (Wildman–Crippen LogP) is 3.58. The molecule has 1 nitrogen and oxygen atoms in total. The second-order valence-electron chi connectivity index (χ2n) is 6.08. The van der Waals surface area contributed by atoms with E-state index in [9.17, 15) is 0 Å². The van der Waals surface area contributed by atoms with E-state index in [1.165, 1.54) is 57.8 Å². The van der Waals surface area contributed by atoms with E-state index in [0.717, 1.165) is 24.0 Å². The molecule has 2 aliphatic carbocycles. The lowest BCUT2D eigenvalue weighted by atomic mass is 9.84. The number of hydrogen-bond donors (Lipinski definition) is 0. The third-order valence-corrected chi connectivity index (χ3v) is 5.15. The molecule has 0 N–H and O–H groups in total. The molecular weight excluding hydrogens is 182 g/mol. The Hall–Kier alpha value is -0.0400. The van der Waals surface area contributed by atoms with Gasteiger partial charge >= 0.3 is 0 Å². The van der Waals surface area contributed by atoms with Gasteiger partial charge in [0, 0.05) is 18.1 Å². The highest BCUT2D eigenvalue weighted by Gasteiger charge is 2.43. The van der Waals surface area contributed by atoms with Crippen LogP contribution in [0.5, 0.6) is 0 Å². The van der Waals surface area contributed by atoms with Crippen LogP contribution in [0.4, 0.5) is 0 Å². The Morgan fingerprint density at radius 1 is 0.867 bits per heavy atom. The lowest BCUT2D eigenvalue weighted by Crippen LogP contribution is -2.43. The molecule has 1 heteroatoms. The molecular formula is C14H25N. The number of fused-ring (bicyclic) bond motifs is 1. The number of hydrogen-bond acceptors (Lipinski definition) is 1. The van der Waals surface area contributed by atoms with E-state index in [2.05, 4.69) is 11.8 Å². The van der Waals surface area contributed by atoms with E-state index in [0.29, 0.717) is 0 Å². The summed E-state index contributed by atoms with van der Waals surface area (Å²) >= 11 is 0. The Labute approximate surface area is 94.2 Å². The summed E-state index contributed by atoms with van der Waals surface area (Å²) in [5, 5.41) is 0. The number of nitrogens with zero attached hydrogens (tertiary/aromatic N) is 1. The van der Waals surface area contributed by atoms with Crippen LogP contribution in [0.15, 0.2) is 0 Å². The van der Waals surface area contributed by atoms with Crippen LogP contribution in [0.3, 0.4) is 0 Å². The Bertz CT molecular complexity index is 219. The fraction of sp³-hybridized carbons (Fsp3) is 1.00. The molecule has 0 spiro atoms. The first-order valence-electron chi connectivity index (χ1n) is 7.13. The van der Waals surface area contributed by atoms with Crippen molar-refractivity contribution in [2.75, 3.05) is 0 Å². The SMILES string of the molecule is C[C@@H]1C[C@@H]2CCCC[C@H]2N1C1CCCC1. The summed E-state index contributed by atoms with van der Waals surface area (Å²) in [5.41, 5.74) is 0. The van der Waals surface area contributed by atoms with Gasteiger partial charge in [0.25, 0.3) is 0 Å². The third-order valence-electron chi connectivity index (χ3n) is 5.15. The van der Waals surface area contributed by atoms with Crippen molar-refractivity contribution in [1.82, 2.24) is 4.90 Å². The molecule has 0 bridgehead atoms. The van der Waals surface area contributed by atoms with Crippen molar-refractivity contribution in [3.63, 3.8) is 0 Å². The zero-order valence-corrected chi connectivity index (χ0v) is 10.1. The molecule has 86 valence electrons. The molecule has 0 aromatic rings. The van der Waals surface area contributed by atoms with Gasteiger partial charge in [-0.2, -0.15) is 0 Å². The van der Waals surface area contributed by atoms with Crippen LogP contribution in [0, 0.1) is 5.92 Å². The zero-order chi connectivity index (χ0) is 10.3. The van der Waals surface area contributed by atoms with E-state index >= 15 is 0 Å². The van der Waals surface area contributed by atoms with Gasteiger partial charge in [0.1, 0.15) is 0 Å². The summed E-state index contributed by atoms with van der Waals surface area (Å²) in [6.45, 7) is 2.48. The molecule has 0 aromatic heterocycles. The minimum Gasteiger partial charge on any atom is -0.294 e. The van der Waals surface area contributed by atoms with Gasteiger partial charge < -0.3 is 0 Å². The Morgan fingerprint density at radius 2 is 1.53 bits per heavy atom. The lowest BCUT2D eigenvalue weighted by molar-refractivity contribution is 0.106. The van der Waals surface area contributed by atoms with Gasteiger partial charge in [-0.1, -0.05) is 25.7 Å². The Balaban J connectivity index is 1.74. The molecule has 0 unspecified atom stereocenters. The van der Waals surface area contributed by atoms with Gasteiger partial charge in [0.2, 0.25) is 0 Å². The molecule has 1 saturated heterocycles. The van der Waals surface area contributed by atoms with Crippen LogP contribution in [0.2, 0.25) is 0 Å². The molecule has 3 atom stereocenters. The molecule has 3 aliphatic rings. The van der Waals surface area contributed by atoms with Gasteiger partial charge in [0.15, 0.2) is 0 Å². The molecule has 3 rings (SSSR count). The van der Waals surface area contributed by atoms with Crippen LogP contribution in [-0.4, -0.2) is 23.0 Å². The van der Waals surface area contributed by atoms with Crippen molar-refractivity contribution < 1.29 is 0 Å². The molecule has 15 heavy (non-hydrogen) atoms. The highest BCUT2D eigenvalue weighted by molar-refractivity contribution is 4.97. The number of likely N-dealkylation sites (tertiary alicyclic amines) is 1. The van der Waals surface area contributed by atoms with Crippen molar-refractivity contribution in [1.29, 1.82) is 0 Å². The van der Waals surface area contributed by atoms with Crippen molar-refractivity contribution in [2.24, 2.45) is 5.92 Å². The summed E-state index contributed by atoms with van der Waals surface area (Å²) in [6, 6.07) is 2.84. The maximum Gasteiger partial charge on any atom is 0.0130 e. The molecule has 2 saturated carbocycles. The molecule has 1 aliphatic heterocycles. The summed E-state index contributed by atoms with van der Waals surface area (Å²) < 4.78 is 0. The highest BCUT2D eigenvalue weighted by atomic mass is 15.2. The van der Waals surface area contributed by atoms with E-state index in [4.69, 9.17) is 0 Å². The Kier molecular flexibility index (Phi) is 2.76. The van der Waals surface area contributed by atoms with E-state index < -0.39 is 0 Å². The Morgan fingerprint density at radius 3 is 2.33 bits per heavy atom. The van der Waals surface area contributed by atoms with Gasteiger partial charge in [-0.05, 0) is 44.9 Å². The summed E-state index contributed by atoms with van der Waals surface area (Å²) in [7, 11) is 0. The second-order valence-corrected chi connectivity index (χ2v) is 6.08. The fourth-order valence-electron chi connectivity index (χ4n) is 4.58. The minimum atomic E-state index is 0.890. The summed E-state index contributed by atoms with van der Waals surface area (Å²) in [4.78, 5) is 2.94. The van der Waals surface area contributed by atoms with E-state index in [-0.39, 0.29) is 0 Å². The first-order chi connectivity index (χ1) is 7.36. The normalized spacial score (nSPS) is 43.4. The van der Waals surface area contributed by atoms with Crippen molar-refractivity contribution in [3.05, 3.63) is 0 Å². The summed E-state index contributed by atoms with van der Waals surface area (Å²) in [6.07, 6.45) is 13.5. The minimum absolute atomic E-state index is 0.890. The fourth-order valence-corrected chi connectivity index (χ4v) is 4.58. The second kappa shape index (κ2) is 4.08. The smallest absolute Gasteiger partial charge is 0.0130 e. The van der Waals surface area contributed by atoms with E-state index in [1.54, 1.807) is 0 Å². The summed E-state index contributed by atoms with van der Waals surface area (Å²) in [5.74, 6) is 1.06. The maximum atomic E-state index is 2.94. The molecule has 0 aromatic carbocycles. The first kappa shape index (κ1) is 10.1. The molecule has 0 radical (unpaired) electrons. The number of rotatable bonds is 1. The lowest BCUT2D eigenvalue weighted by Gasteiger charge is -2.37.